The molecule has 0 saturated carbocycles. The number of rotatable bonds is 4. The lowest BCUT2D eigenvalue weighted by Gasteiger charge is -2.35. The number of ether oxygens (including phenoxy) is 1. The van der Waals surface area contributed by atoms with Crippen LogP contribution in [0.15, 0.2) is 30.7 Å². The van der Waals surface area contributed by atoms with Crippen LogP contribution in [0.3, 0.4) is 0 Å². The van der Waals surface area contributed by atoms with Crippen LogP contribution in [0, 0.1) is 0 Å². The average Bonchev–Trinajstić information content (AvgIpc) is 2.56. The average molecular weight is 300 g/mol. The van der Waals surface area contributed by atoms with E-state index < -0.39 is 0 Å². The zero-order chi connectivity index (χ0) is 15.4. The van der Waals surface area contributed by atoms with Crippen LogP contribution in [0.25, 0.3) is 0 Å². The molecular formula is C15H20N6O. The molecule has 1 fully saturated rings. The SMILES string of the molecule is COc1cc(N2CCN(Cc3ccnc(N)c3)CC2)ncn1. The van der Waals surface area contributed by atoms with Crippen LogP contribution in [-0.2, 0) is 6.54 Å². The third-order valence-electron chi connectivity index (χ3n) is 3.78. The number of nitrogen functional groups attached to an aromatic ring is 1. The number of piperazine rings is 1. The Morgan fingerprint density at radius 3 is 2.68 bits per heavy atom. The van der Waals surface area contributed by atoms with Crippen LogP contribution < -0.4 is 15.4 Å². The molecule has 0 amide bonds. The van der Waals surface area contributed by atoms with Gasteiger partial charge in [0.2, 0.25) is 5.88 Å². The Balaban J connectivity index is 1.58. The van der Waals surface area contributed by atoms with Crippen molar-refractivity contribution in [2.24, 2.45) is 0 Å². The predicted octanol–water partition coefficient (Wildman–Crippen LogP) is 0.785. The van der Waals surface area contributed by atoms with Crippen molar-refractivity contribution in [3.05, 3.63) is 36.3 Å². The van der Waals surface area contributed by atoms with Crippen molar-refractivity contribution < 1.29 is 4.74 Å². The predicted molar refractivity (Wildman–Crippen MR) is 84.7 cm³/mol. The summed E-state index contributed by atoms with van der Waals surface area (Å²) in [6.45, 7) is 4.72. The summed E-state index contributed by atoms with van der Waals surface area (Å²) >= 11 is 0. The van der Waals surface area contributed by atoms with Crippen LogP contribution in [0.2, 0.25) is 0 Å². The number of nitrogens with two attached hydrogens (primary N) is 1. The summed E-state index contributed by atoms with van der Waals surface area (Å²) in [6.07, 6.45) is 3.30. The highest BCUT2D eigenvalue weighted by atomic mass is 16.5. The van der Waals surface area contributed by atoms with Gasteiger partial charge < -0.3 is 15.4 Å². The molecule has 0 atom stereocenters. The Kier molecular flexibility index (Phi) is 4.34. The van der Waals surface area contributed by atoms with E-state index in [9.17, 15) is 0 Å². The highest BCUT2D eigenvalue weighted by molar-refractivity contribution is 5.41. The van der Waals surface area contributed by atoms with E-state index >= 15 is 0 Å². The number of aromatic nitrogens is 3. The number of anilines is 2. The number of pyridine rings is 1. The Morgan fingerprint density at radius 1 is 1.14 bits per heavy atom. The summed E-state index contributed by atoms with van der Waals surface area (Å²) in [5.74, 6) is 2.09. The van der Waals surface area contributed by atoms with Crippen molar-refractivity contribution in [3.63, 3.8) is 0 Å². The Labute approximate surface area is 129 Å². The van der Waals surface area contributed by atoms with Gasteiger partial charge in [-0.05, 0) is 17.7 Å². The van der Waals surface area contributed by atoms with Crippen molar-refractivity contribution in [2.45, 2.75) is 6.54 Å². The maximum Gasteiger partial charge on any atom is 0.218 e. The lowest BCUT2D eigenvalue weighted by atomic mass is 10.2. The van der Waals surface area contributed by atoms with E-state index in [1.807, 2.05) is 18.2 Å². The lowest BCUT2D eigenvalue weighted by Crippen LogP contribution is -2.46. The van der Waals surface area contributed by atoms with Crippen LogP contribution in [0.1, 0.15) is 5.56 Å². The summed E-state index contributed by atoms with van der Waals surface area (Å²) in [6, 6.07) is 5.82. The quantitative estimate of drug-likeness (QED) is 0.894. The molecule has 0 unspecified atom stereocenters. The van der Waals surface area contributed by atoms with Crippen LogP contribution in [0.4, 0.5) is 11.6 Å². The molecule has 2 aromatic rings. The van der Waals surface area contributed by atoms with Gasteiger partial charge in [0, 0.05) is 45.0 Å². The lowest BCUT2D eigenvalue weighted by molar-refractivity contribution is 0.249. The van der Waals surface area contributed by atoms with E-state index in [-0.39, 0.29) is 0 Å². The normalized spacial score (nSPS) is 15.8. The maximum absolute atomic E-state index is 5.73. The van der Waals surface area contributed by atoms with Crippen molar-refractivity contribution >= 4 is 11.6 Å². The fourth-order valence-corrected chi connectivity index (χ4v) is 2.60. The second-order valence-electron chi connectivity index (χ2n) is 5.27. The topological polar surface area (TPSA) is 80.4 Å². The first-order valence-corrected chi connectivity index (χ1v) is 7.28. The van der Waals surface area contributed by atoms with Gasteiger partial charge in [-0.3, -0.25) is 4.90 Å². The second kappa shape index (κ2) is 6.57. The fourth-order valence-electron chi connectivity index (χ4n) is 2.60. The molecule has 3 heterocycles. The van der Waals surface area contributed by atoms with E-state index in [2.05, 4.69) is 24.8 Å². The molecule has 7 heteroatoms. The van der Waals surface area contributed by atoms with Crippen LogP contribution in [-0.4, -0.2) is 53.1 Å². The third-order valence-corrected chi connectivity index (χ3v) is 3.78. The Morgan fingerprint density at radius 2 is 1.95 bits per heavy atom. The van der Waals surface area contributed by atoms with Gasteiger partial charge in [-0.1, -0.05) is 0 Å². The number of hydrogen-bond acceptors (Lipinski definition) is 7. The number of hydrogen-bond donors (Lipinski definition) is 1. The van der Waals surface area contributed by atoms with Gasteiger partial charge in [0.1, 0.15) is 18.0 Å². The fraction of sp³-hybridized carbons (Fsp3) is 0.400. The summed E-state index contributed by atoms with van der Waals surface area (Å²) in [7, 11) is 1.62. The summed E-state index contributed by atoms with van der Waals surface area (Å²) in [5, 5.41) is 0. The molecule has 2 N–H and O–H groups in total. The van der Waals surface area contributed by atoms with Gasteiger partial charge in [0.15, 0.2) is 0 Å². The molecule has 1 aliphatic rings. The first-order chi connectivity index (χ1) is 10.7. The largest absolute Gasteiger partial charge is 0.481 e. The Hall–Kier alpha value is -2.41. The molecule has 7 nitrogen and oxygen atoms in total. The molecule has 0 spiro atoms. The van der Waals surface area contributed by atoms with Gasteiger partial charge in [-0.2, -0.15) is 0 Å². The molecule has 0 bridgehead atoms. The monoisotopic (exact) mass is 300 g/mol. The Bertz CT molecular complexity index is 627. The van der Waals surface area contributed by atoms with Gasteiger partial charge in [0.05, 0.1) is 7.11 Å². The zero-order valence-electron chi connectivity index (χ0n) is 12.6. The highest BCUT2D eigenvalue weighted by Gasteiger charge is 2.18. The van der Waals surface area contributed by atoms with Gasteiger partial charge in [-0.25, -0.2) is 15.0 Å². The van der Waals surface area contributed by atoms with Gasteiger partial charge in [0.25, 0.3) is 0 Å². The minimum Gasteiger partial charge on any atom is -0.481 e. The molecule has 22 heavy (non-hydrogen) atoms. The number of methoxy groups -OCH3 is 1. The van der Waals surface area contributed by atoms with Crippen LogP contribution >= 0.6 is 0 Å². The molecule has 2 aromatic heterocycles. The molecule has 3 rings (SSSR count). The van der Waals surface area contributed by atoms with Gasteiger partial charge >= 0.3 is 0 Å². The standard InChI is InChI=1S/C15H20N6O/c1-22-15-9-14(18-11-19-15)21-6-4-20(5-7-21)10-12-2-3-17-13(16)8-12/h2-3,8-9,11H,4-7,10H2,1H3,(H2,16,17). The van der Waals surface area contributed by atoms with Crippen molar-refractivity contribution in [1.29, 1.82) is 0 Å². The van der Waals surface area contributed by atoms with Crippen molar-refractivity contribution in [3.8, 4) is 5.88 Å². The summed E-state index contributed by atoms with van der Waals surface area (Å²) < 4.78 is 5.15. The van der Waals surface area contributed by atoms with E-state index in [4.69, 9.17) is 10.5 Å². The summed E-state index contributed by atoms with van der Waals surface area (Å²) in [5.41, 5.74) is 6.92. The molecule has 116 valence electrons. The van der Waals surface area contributed by atoms with E-state index in [1.165, 1.54) is 5.56 Å². The maximum atomic E-state index is 5.73. The van der Waals surface area contributed by atoms with E-state index in [1.54, 1.807) is 19.6 Å². The van der Waals surface area contributed by atoms with E-state index in [0.717, 1.165) is 38.5 Å². The molecule has 0 aromatic carbocycles. The summed E-state index contributed by atoms with van der Waals surface area (Å²) in [4.78, 5) is 17.1. The molecule has 1 aliphatic heterocycles. The first-order valence-electron chi connectivity index (χ1n) is 7.28. The molecule has 0 radical (unpaired) electrons. The highest BCUT2D eigenvalue weighted by Crippen LogP contribution is 2.18. The van der Waals surface area contributed by atoms with Crippen molar-refractivity contribution in [1.82, 2.24) is 19.9 Å². The van der Waals surface area contributed by atoms with Crippen LogP contribution in [0.5, 0.6) is 5.88 Å². The molecule has 1 saturated heterocycles. The smallest absolute Gasteiger partial charge is 0.218 e. The molecule has 0 aliphatic carbocycles. The minimum absolute atomic E-state index is 0.573. The van der Waals surface area contributed by atoms with Gasteiger partial charge in [-0.15, -0.1) is 0 Å². The first kappa shape index (κ1) is 14.5. The second-order valence-corrected chi connectivity index (χ2v) is 5.27. The number of nitrogens with zero attached hydrogens (tertiary/aromatic N) is 5. The van der Waals surface area contributed by atoms with E-state index in [0.29, 0.717) is 11.7 Å². The minimum atomic E-state index is 0.573. The van der Waals surface area contributed by atoms with Crippen molar-refractivity contribution in [2.75, 3.05) is 43.9 Å². The zero-order valence-corrected chi connectivity index (χ0v) is 12.6. The third kappa shape index (κ3) is 3.43. The molecular weight excluding hydrogens is 280 g/mol.